The van der Waals surface area contributed by atoms with Crippen LogP contribution in [0.15, 0.2) is 12.1 Å². The van der Waals surface area contributed by atoms with E-state index in [1.54, 1.807) is 17.0 Å². The summed E-state index contributed by atoms with van der Waals surface area (Å²) in [4.78, 5) is 12.5. The van der Waals surface area contributed by atoms with E-state index in [1.165, 1.54) is 7.11 Å². The van der Waals surface area contributed by atoms with Crippen LogP contribution in [0.1, 0.15) is 19.5 Å². The molecule has 0 saturated heterocycles. The third-order valence-electron chi connectivity index (χ3n) is 2.34. The fraction of sp³-hybridized carbons (Fsp3) is 0.545. The van der Waals surface area contributed by atoms with Crippen molar-refractivity contribution in [1.82, 2.24) is 15.1 Å². The molecular formula is C11H17N3O3. The van der Waals surface area contributed by atoms with Crippen molar-refractivity contribution in [1.29, 1.82) is 0 Å². The number of carboxylic acids is 1. The second-order valence-corrected chi connectivity index (χ2v) is 3.96. The summed E-state index contributed by atoms with van der Waals surface area (Å²) in [5.74, 6) is -0.400. The smallest absolute Gasteiger partial charge is 0.317 e. The Balaban J connectivity index is 2.68. The van der Waals surface area contributed by atoms with E-state index in [0.717, 1.165) is 5.69 Å². The minimum atomic E-state index is -0.847. The molecule has 94 valence electrons. The third-order valence-corrected chi connectivity index (χ3v) is 2.34. The van der Waals surface area contributed by atoms with Gasteiger partial charge in [0, 0.05) is 18.7 Å². The van der Waals surface area contributed by atoms with Crippen LogP contribution in [-0.4, -0.2) is 45.9 Å². The van der Waals surface area contributed by atoms with Crippen molar-refractivity contribution < 1.29 is 14.6 Å². The second-order valence-electron chi connectivity index (χ2n) is 3.96. The number of rotatable bonds is 6. The predicted octanol–water partition coefficient (Wildman–Crippen LogP) is 0.780. The maximum atomic E-state index is 10.7. The topological polar surface area (TPSA) is 75.5 Å². The number of methoxy groups -OCH3 is 1. The van der Waals surface area contributed by atoms with Crippen LogP contribution in [0.2, 0.25) is 0 Å². The van der Waals surface area contributed by atoms with Crippen LogP contribution in [0.3, 0.4) is 0 Å². The van der Waals surface area contributed by atoms with Gasteiger partial charge in [-0.2, -0.15) is 5.10 Å². The van der Waals surface area contributed by atoms with Gasteiger partial charge < -0.3 is 9.84 Å². The van der Waals surface area contributed by atoms with Crippen LogP contribution in [-0.2, 0) is 11.3 Å². The highest BCUT2D eigenvalue weighted by Gasteiger charge is 2.14. The zero-order valence-corrected chi connectivity index (χ0v) is 10.3. The van der Waals surface area contributed by atoms with Crippen molar-refractivity contribution in [2.75, 3.05) is 13.7 Å². The Hall–Kier alpha value is -1.69. The van der Waals surface area contributed by atoms with Gasteiger partial charge in [-0.1, -0.05) is 0 Å². The van der Waals surface area contributed by atoms with E-state index in [1.807, 2.05) is 13.8 Å². The van der Waals surface area contributed by atoms with Crippen LogP contribution >= 0.6 is 0 Å². The first-order valence-corrected chi connectivity index (χ1v) is 5.35. The molecule has 1 rings (SSSR count). The summed E-state index contributed by atoms with van der Waals surface area (Å²) < 4.78 is 4.90. The maximum Gasteiger partial charge on any atom is 0.317 e. The standard InChI is InChI=1S/C11H17N3O3/c1-8(2)14(7-11(15)16)6-9-4-5-10(17-3)13-12-9/h4-5,8H,6-7H2,1-3H3,(H,15,16). The zero-order chi connectivity index (χ0) is 12.8. The fourth-order valence-electron chi connectivity index (χ4n) is 1.34. The van der Waals surface area contributed by atoms with Crippen LogP contribution in [0.25, 0.3) is 0 Å². The van der Waals surface area contributed by atoms with Gasteiger partial charge in [-0.25, -0.2) is 0 Å². The van der Waals surface area contributed by atoms with Crippen molar-refractivity contribution in [3.8, 4) is 5.88 Å². The van der Waals surface area contributed by atoms with Crippen LogP contribution in [0.4, 0.5) is 0 Å². The first kappa shape index (κ1) is 13.4. The molecule has 0 amide bonds. The highest BCUT2D eigenvalue weighted by Crippen LogP contribution is 2.08. The summed E-state index contributed by atoms with van der Waals surface area (Å²) in [6.07, 6.45) is 0. The molecule has 0 aliphatic carbocycles. The average molecular weight is 239 g/mol. The molecule has 0 radical (unpaired) electrons. The molecule has 1 N–H and O–H groups in total. The number of aliphatic carboxylic acids is 1. The summed E-state index contributed by atoms with van der Waals surface area (Å²) in [5.41, 5.74) is 0.723. The zero-order valence-electron chi connectivity index (χ0n) is 10.3. The Morgan fingerprint density at radius 1 is 1.47 bits per heavy atom. The summed E-state index contributed by atoms with van der Waals surface area (Å²) in [6, 6.07) is 3.63. The van der Waals surface area contributed by atoms with Crippen molar-refractivity contribution in [2.45, 2.75) is 26.4 Å². The molecule has 0 aliphatic heterocycles. The van der Waals surface area contributed by atoms with Gasteiger partial charge in [0.1, 0.15) is 0 Å². The van der Waals surface area contributed by atoms with E-state index in [4.69, 9.17) is 9.84 Å². The van der Waals surface area contributed by atoms with Gasteiger partial charge >= 0.3 is 5.97 Å². The van der Waals surface area contributed by atoms with Crippen molar-refractivity contribution >= 4 is 5.97 Å². The number of nitrogens with zero attached hydrogens (tertiary/aromatic N) is 3. The summed E-state index contributed by atoms with van der Waals surface area (Å²) in [5, 5.41) is 16.6. The first-order chi connectivity index (χ1) is 8.02. The minimum Gasteiger partial charge on any atom is -0.480 e. The molecule has 1 aromatic rings. The van der Waals surface area contributed by atoms with E-state index in [9.17, 15) is 4.79 Å². The lowest BCUT2D eigenvalue weighted by Crippen LogP contribution is -2.35. The van der Waals surface area contributed by atoms with E-state index >= 15 is 0 Å². The molecule has 0 aromatic carbocycles. The minimum absolute atomic E-state index is 0.00856. The largest absolute Gasteiger partial charge is 0.480 e. The Bertz CT molecular complexity index is 365. The van der Waals surface area contributed by atoms with Crippen molar-refractivity contribution in [2.24, 2.45) is 0 Å². The van der Waals surface area contributed by atoms with Gasteiger partial charge in [-0.05, 0) is 19.9 Å². The van der Waals surface area contributed by atoms with Crippen LogP contribution in [0.5, 0.6) is 5.88 Å². The summed E-state index contributed by atoms with van der Waals surface area (Å²) >= 11 is 0. The van der Waals surface area contributed by atoms with Crippen LogP contribution in [0, 0.1) is 0 Å². The molecule has 0 aliphatic rings. The molecule has 0 saturated carbocycles. The van der Waals surface area contributed by atoms with Gasteiger partial charge in [0.05, 0.1) is 19.3 Å². The molecule has 6 heteroatoms. The SMILES string of the molecule is COc1ccc(CN(CC(=O)O)C(C)C)nn1. The molecule has 0 spiro atoms. The van der Waals surface area contributed by atoms with Crippen molar-refractivity contribution in [3.63, 3.8) is 0 Å². The fourth-order valence-corrected chi connectivity index (χ4v) is 1.34. The summed E-state index contributed by atoms with van der Waals surface area (Å²) in [7, 11) is 1.52. The van der Waals surface area contributed by atoms with E-state index in [-0.39, 0.29) is 12.6 Å². The number of hydrogen-bond acceptors (Lipinski definition) is 5. The number of carbonyl (C=O) groups is 1. The molecule has 1 aromatic heterocycles. The number of ether oxygens (including phenoxy) is 1. The molecule has 0 unspecified atom stereocenters. The predicted molar refractivity (Wildman–Crippen MR) is 61.8 cm³/mol. The maximum absolute atomic E-state index is 10.7. The highest BCUT2D eigenvalue weighted by atomic mass is 16.5. The molecule has 6 nitrogen and oxygen atoms in total. The first-order valence-electron chi connectivity index (χ1n) is 5.35. The highest BCUT2D eigenvalue weighted by molar-refractivity contribution is 5.69. The molecule has 0 atom stereocenters. The normalized spacial score (nSPS) is 10.9. The van der Waals surface area contributed by atoms with E-state index < -0.39 is 5.97 Å². The Kier molecular flexibility index (Phi) is 4.84. The van der Waals surface area contributed by atoms with Crippen molar-refractivity contribution in [3.05, 3.63) is 17.8 Å². The number of aromatic nitrogens is 2. The quantitative estimate of drug-likeness (QED) is 0.790. The van der Waals surface area contributed by atoms with Gasteiger partial charge in [0.15, 0.2) is 0 Å². The monoisotopic (exact) mass is 239 g/mol. The molecule has 0 bridgehead atoms. The Morgan fingerprint density at radius 3 is 2.59 bits per heavy atom. The molecule has 17 heavy (non-hydrogen) atoms. The number of hydrogen-bond donors (Lipinski definition) is 1. The molecule has 0 fully saturated rings. The summed E-state index contributed by atoms with van der Waals surface area (Å²) in [6.45, 7) is 4.34. The van der Waals surface area contributed by atoms with Gasteiger partial charge in [0.2, 0.25) is 5.88 Å². The Morgan fingerprint density at radius 2 is 2.18 bits per heavy atom. The molecular weight excluding hydrogens is 222 g/mol. The molecule has 1 heterocycles. The lowest BCUT2D eigenvalue weighted by molar-refractivity contribution is -0.139. The van der Waals surface area contributed by atoms with Gasteiger partial charge in [-0.15, -0.1) is 5.10 Å². The van der Waals surface area contributed by atoms with E-state index in [0.29, 0.717) is 12.4 Å². The van der Waals surface area contributed by atoms with Gasteiger partial charge in [0.25, 0.3) is 0 Å². The number of carboxylic acid groups (broad SMARTS) is 1. The Labute approximate surface area is 100 Å². The average Bonchev–Trinajstić information content (AvgIpc) is 2.28. The van der Waals surface area contributed by atoms with Crippen LogP contribution < -0.4 is 4.74 Å². The van der Waals surface area contributed by atoms with E-state index in [2.05, 4.69) is 10.2 Å². The second kappa shape index (κ2) is 6.15. The third kappa shape index (κ3) is 4.36. The lowest BCUT2D eigenvalue weighted by Gasteiger charge is -2.23. The lowest BCUT2D eigenvalue weighted by atomic mass is 10.2. The van der Waals surface area contributed by atoms with Gasteiger partial charge in [-0.3, -0.25) is 9.69 Å².